The summed E-state index contributed by atoms with van der Waals surface area (Å²) in [5.74, 6) is 0.257. The standard InChI is InChI=1S/C25H34N4O5/c1-19(30)27-25(15-8-3-4-9-16-25)24-26-21(34-28-24)12-13-22(31)29(17-14-23(32)33-2)18-20-10-6-5-7-11-20/h5-7,10-11H,3-4,8-9,12-18H2,1-2H3,(H,27,30). The summed E-state index contributed by atoms with van der Waals surface area (Å²) in [5, 5.41) is 7.25. The second-order valence-electron chi connectivity index (χ2n) is 8.82. The first kappa shape index (κ1) is 25.4. The molecule has 2 aromatic rings. The Hall–Kier alpha value is -3.23. The maximum absolute atomic E-state index is 13.0. The number of amides is 2. The van der Waals surface area contributed by atoms with Crippen molar-refractivity contribution in [3.8, 4) is 0 Å². The van der Waals surface area contributed by atoms with Crippen molar-refractivity contribution in [1.29, 1.82) is 0 Å². The van der Waals surface area contributed by atoms with Crippen molar-refractivity contribution in [3.05, 3.63) is 47.6 Å². The van der Waals surface area contributed by atoms with E-state index < -0.39 is 5.54 Å². The predicted octanol–water partition coefficient (Wildman–Crippen LogP) is 3.28. The van der Waals surface area contributed by atoms with Gasteiger partial charge in [-0.15, -0.1) is 0 Å². The minimum atomic E-state index is -0.617. The van der Waals surface area contributed by atoms with Gasteiger partial charge in [0.2, 0.25) is 17.7 Å². The maximum Gasteiger partial charge on any atom is 0.307 e. The zero-order chi connectivity index (χ0) is 24.4. The van der Waals surface area contributed by atoms with E-state index in [-0.39, 0.29) is 43.6 Å². The van der Waals surface area contributed by atoms with Gasteiger partial charge in [-0.3, -0.25) is 14.4 Å². The molecule has 1 aromatic carbocycles. The minimum Gasteiger partial charge on any atom is -0.469 e. The summed E-state index contributed by atoms with van der Waals surface area (Å²) in [4.78, 5) is 42.8. The number of carbonyl (C=O) groups is 3. The van der Waals surface area contributed by atoms with Gasteiger partial charge >= 0.3 is 5.97 Å². The summed E-state index contributed by atoms with van der Waals surface area (Å²) in [7, 11) is 1.33. The van der Waals surface area contributed by atoms with Crippen LogP contribution in [0.15, 0.2) is 34.9 Å². The number of nitrogens with zero attached hydrogens (tertiary/aromatic N) is 3. The van der Waals surface area contributed by atoms with Crippen molar-refractivity contribution >= 4 is 17.8 Å². The van der Waals surface area contributed by atoms with Crippen molar-refractivity contribution in [2.75, 3.05) is 13.7 Å². The molecule has 0 aliphatic heterocycles. The normalized spacial score (nSPS) is 15.2. The van der Waals surface area contributed by atoms with Crippen molar-refractivity contribution in [2.45, 2.75) is 76.8 Å². The van der Waals surface area contributed by atoms with Crippen LogP contribution in [0.4, 0.5) is 0 Å². The molecule has 1 aliphatic rings. The van der Waals surface area contributed by atoms with Crippen LogP contribution in [0, 0.1) is 0 Å². The van der Waals surface area contributed by atoms with Crippen molar-refractivity contribution in [3.63, 3.8) is 0 Å². The number of benzene rings is 1. The molecule has 9 nitrogen and oxygen atoms in total. The van der Waals surface area contributed by atoms with Crippen molar-refractivity contribution in [2.24, 2.45) is 0 Å². The number of hydrogen-bond acceptors (Lipinski definition) is 7. The second-order valence-corrected chi connectivity index (χ2v) is 8.82. The van der Waals surface area contributed by atoms with Crippen molar-refractivity contribution in [1.82, 2.24) is 20.4 Å². The number of hydrogen-bond donors (Lipinski definition) is 1. The van der Waals surface area contributed by atoms with Crippen LogP contribution in [-0.4, -0.2) is 46.5 Å². The van der Waals surface area contributed by atoms with Gasteiger partial charge in [-0.2, -0.15) is 4.98 Å². The lowest BCUT2D eigenvalue weighted by Gasteiger charge is -2.30. The average Bonchev–Trinajstić information content (AvgIpc) is 3.20. The Balaban J connectivity index is 1.66. The van der Waals surface area contributed by atoms with Gasteiger partial charge in [-0.1, -0.05) is 61.2 Å². The van der Waals surface area contributed by atoms with E-state index in [1.165, 1.54) is 14.0 Å². The Kier molecular flexibility index (Phi) is 9.18. The Morgan fingerprint density at radius 1 is 1.09 bits per heavy atom. The molecule has 1 aliphatic carbocycles. The molecule has 0 spiro atoms. The highest BCUT2D eigenvalue weighted by Crippen LogP contribution is 2.34. The number of nitrogens with one attached hydrogen (secondary N) is 1. The van der Waals surface area contributed by atoms with Crippen LogP contribution in [0.5, 0.6) is 0 Å². The Labute approximate surface area is 200 Å². The van der Waals surface area contributed by atoms with Gasteiger partial charge in [0, 0.05) is 32.9 Å². The minimum absolute atomic E-state index is 0.112. The molecule has 1 fully saturated rings. The van der Waals surface area contributed by atoms with E-state index >= 15 is 0 Å². The van der Waals surface area contributed by atoms with Crippen LogP contribution in [0.25, 0.3) is 0 Å². The molecule has 184 valence electrons. The largest absolute Gasteiger partial charge is 0.469 e. The van der Waals surface area contributed by atoms with E-state index in [1.54, 1.807) is 4.90 Å². The van der Waals surface area contributed by atoms with E-state index in [4.69, 9.17) is 9.26 Å². The average molecular weight is 471 g/mol. The predicted molar refractivity (Wildman–Crippen MR) is 124 cm³/mol. The number of carbonyl (C=O) groups excluding carboxylic acids is 3. The monoisotopic (exact) mass is 470 g/mol. The van der Waals surface area contributed by atoms with Crippen LogP contribution in [0.3, 0.4) is 0 Å². The molecule has 1 N–H and O–H groups in total. The number of ether oxygens (including phenoxy) is 1. The zero-order valence-electron chi connectivity index (χ0n) is 20.0. The van der Waals surface area contributed by atoms with Crippen LogP contribution < -0.4 is 5.32 Å². The van der Waals surface area contributed by atoms with E-state index in [0.29, 0.717) is 18.3 Å². The summed E-state index contributed by atoms with van der Waals surface area (Å²) in [6.07, 6.45) is 6.31. The van der Waals surface area contributed by atoms with Gasteiger partial charge in [0.25, 0.3) is 0 Å². The molecule has 1 saturated carbocycles. The Bertz CT molecular complexity index is 951. The summed E-state index contributed by atoms with van der Waals surface area (Å²) < 4.78 is 10.2. The smallest absolute Gasteiger partial charge is 0.307 e. The lowest BCUT2D eigenvalue weighted by atomic mass is 9.89. The van der Waals surface area contributed by atoms with E-state index in [9.17, 15) is 14.4 Å². The van der Waals surface area contributed by atoms with E-state index in [0.717, 1.165) is 44.1 Å². The quantitative estimate of drug-likeness (QED) is 0.419. The summed E-state index contributed by atoms with van der Waals surface area (Å²) in [5.41, 5.74) is 0.361. The third-order valence-corrected chi connectivity index (χ3v) is 6.20. The fourth-order valence-electron chi connectivity index (χ4n) is 4.42. The molecule has 0 saturated heterocycles. The Morgan fingerprint density at radius 3 is 2.44 bits per heavy atom. The molecule has 34 heavy (non-hydrogen) atoms. The second kappa shape index (κ2) is 12.3. The number of methoxy groups -OCH3 is 1. The third-order valence-electron chi connectivity index (χ3n) is 6.20. The first-order valence-corrected chi connectivity index (χ1v) is 11.9. The SMILES string of the molecule is COC(=O)CCN(Cc1ccccc1)C(=O)CCc1nc(C2(NC(C)=O)CCCCCC2)no1. The molecular weight excluding hydrogens is 436 g/mol. The summed E-state index contributed by atoms with van der Waals surface area (Å²) >= 11 is 0. The maximum atomic E-state index is 13.0. The molecule has 0 unspecified atom stereocenters. The molecule has 3 rings (SSSR count). The highest BCUT2D eigenvalue weighted by atomic mass is 16.5. The van der Waals surface area contributed by atoms with Crippen LogP contribution in [0.2, 0.25) is 0 Å². The number of rotatable bonds is 10. The van der Waals surface area contributed by atoms with Crippen LogP contribution >= 0.6 is 0 Å². The molecule has 1 aromatic heterocycles. The number of esters is 1. The number of aromatic nitrogens is 2. The third kappa shape index (κ3) is 7.13. The highest BCUT2D eigenvalue weighted by molar-refractivity contribution is 5.77. The van der Waals surface area contributed by atoms with Gasteiger partial charge in [-0.05, 0) is 18.4 Å². The van der Waals surface area contributed by atoms with Crippen LogP contribution in [-0.2, 0) is 37.6 Å². The zero-order valence-corrected chi connectivity index (χ0v) is 20.0. The summed E-state index contributed by atoms with van der Waals surface area (Å²) in [6, 6.07) is 9.63. The fraction of sp³-hybridized carbons (Fsp3) is 0.560. The van der Waals surface area contributed by atoms with Gasteiger partial charge in [0.1, 0.15) is 5.54 Å². The lowest BCUT2D eigenvalue weighted by Crippen LogP contribution is -2.45. The van der Waals surface area contributed by atoms with E-state index in [1.807, 2.05) is 30.3 Å². The molecule has 9 heteroatoms. The topological polar surface area (TPSA) is 115 Å². The van der Waals surface area contributed by atoms with Gasteiger partial charge in [0.05, 0.1) is 13.5 Å². The molecule has 1 heterocycles. The molecule has 0 radical (unpaired) electrons. The summed E-state index contributed by atoms with van der Waals surface area (Å²) in [6.45, 7) is 2.17. The Morgan fingerprint density at radius 2 is 1.79 bits per heavy atom. The highest BCUT2D eigenvalue weighted by Gasteiger charge is 2.38. The van der Waals surface area contributed by atoms with E-state index in [2.05, 4.69) is 15.5 Å². The first-order chi connectivity index (χ1) is 16.4. The molecule has 0 bridgehead atoms. The molecule has 0 atom stereocenters. The van der Waals surface area contributed by atoms with Gasteiger partial charge < -0.3 is 19.5 Å². The van der Waals surface area contributed by atoms with Gasteiger partial charge in [0.15, 0.2) is 5.82 Å². The lowest BCUT2D eigenvalue weighted by molar-refractivity contribution is -0.142. The fourth-order valence-corrected chi connectivity index (χ4v) is 4.42. The molecular formula is C25H34N4O5. The van der Waals surface area contributed by atoms with Gasteiger partial charge in [-0.25, -0.2) is 0 Å². The van der Waals surface area contributed by atoms with Crippen molar-refractivity contribution < 1.29 is 23.6 Å². The van der Waals surface area contributed by atoms with Crippen LogP contribution in [0.1, 0.15) is 75.6 Å². The first-order valence-electron chi connectivity index (χ1n) is 11.9. The number of aryl methyl sites for hydroxylation is 1. The molecule has 2 amide bonds.